The molecule has 2 N–H and O–H groups in total. The van der Waals surface area contributed by atoms with E-state index < -0.39 is 0 Å². The monoisotopic (exact) mass is 519 g/mol. The molecule has 5 aromatic rings. The molecule has 0 spiro atoms. The Morgan fingerprint density at radius 1 is 0.974 bits per heavy atom. The second-order valence-corrected chi connectivity index (χ2v) is 10.3. The smallest absolute Gasteiger partial charge is 0.152 e. The minimum absolute atomic E-state index is 0.430. The molecule has 0 saturated heterocycles. The number of hydrogen-bond acceptors (Lipinski definition) is 6. The third-order valence-electron chi connectivity index (χ3n) is 8.08. The van der Waals surface area contributed by atoms with E-state index in [1.54, 1.807) is 0 Å². The summed E-state index contributed by atoms with van der Waals surface area (Å²) in [4.78, 5) is 17.6. The number of nitrogens with one attached hydrogen (secondary N) is 2. The minimum atomic E-state index is 0.430. The molecule has 39 heavy (non-hydrogen) atoms. The van der Waals surface area contributed by atoms with Crippen molar-refractivity contribution in [3.8, 4) is 22.5 Å². The first-order valence-electron chi connectivity index (χ1n) is 14.2. The molecule has 1 saturated carbocycles. The highest BCUT2D eigenvalue weighted by Crippen LogP contribution is 2.42. The van der Waals surface area contributed by atoms with Gasteiger partial charge in [0.05, 0.1) is 11.2 Å². The Kier molecular flexibility index (Phi) is 7.26. The highest BCUT2D eigenvalue weighted by molar-refractivity contribution is 5.91. The van der Waals surface area contributed by atoms with Gasteiger partial charge in [-0.2, -0.15) is 0 Å². The Balaban J connectivity index is 1.36. The maximum Gasteiger partial charge on any atom is 0.152 e. The molecule has 7 nitrogen and oxygen atoms in total. The molecule has 2 aromatic carbocycles. The number of nitrogens with zero attached hydrogens (tertiary/aromatic N) is 5. The molecular formula is C32H37N7. The Labute approximate surface area is 230 Å². The normalized spacial score (nSPS) is 17.1. The molecule has 1 aliphatic rings. The van der Waals surface area contributed by atoms with E-state index in [1.807, 2.05) is 19.3 Å². The van der Waals surface area contributed by atoms with E-state index in [0.717, 1.165) is 89.6 Å². The molecule has 1 aliphatic carbocycles. The summed E-state index contributed by atoms with van der Waals surface area (Å²) in [5, 5.41) is 7.88. The number of benzene rings is 2. The highest BCUT2D eigenvalue weighted by Gasteiger charge is 2.37. The number of anilines is 1. The molecule has 0 amide bonds. The molecule has 3 heterocycles. The van der Waals surface area contributed by atoms with Gasteiger partial charge in [0.2, 0.25) is 0 Å². The zero-order chi connectivity index (χ0) is 26.8. The molecule has 1 fully saturated rings. The van der Waals surface area contributed by atoms with Crippen LogP contribution in [0.4, 0.5) is 5.82 Å². The summed E-state index contributed by atoms with van der Waals surface area (Å²) in [5.41, 5.74) is 6.10. The minimum Gasteiger partial charge on any atom is -0.371 e. The lowest BCUT2D eigenvalue weighted by Gasteiger charge is -2.42. The van der Waals surface area contributed by atoms with E-state index in [2.05, 4.69) is 99.6 Å². The van der Waals surface area contributed by atoms with Gasteiger partial charge in [-0.05, 0) is 38.1 Å². The Hall–Kier alpha value is -3.81. The van der Waals surface area contributed by atoms with Crippen molar-refractivity contribution < 1.29 is 0 Å². The number of fused-ring (bicyclic) bond motifs is 2. The fourth-order valence-corrected chi connectivity index (χ4v) is 5.86. The molecule has 3 aromatic heterocycles. The number of rotatable bonds is 10. The fourth-order valence-electron chi connectivity index (χ4n) is 5.86. The zero-order valence-corrected chi connectivity index (χ0v) is 23.1. The van der Waals surface area contributed by atoms with Crippen LogP contribution in [0.2, 0.25) is 0 Å². The lowest BCUT2D eigenvalue weighted by Crippen LogP contribution is -2.46. The summed E-state index contributed by atoms with van der Waals surface area (Å²) in [6.45, 7) is 8.68. The van der Waals surface area contributed by atoms with Crippen molar-refractivity contribution in [2.75, 3.05) is 38.5 Å². The van der Waals surface area contributed by atoms with Crippen LogP contribution >= 0.6 is 0 Å². The van der Waals surface area contributed by atoms with Crippen molar-refractivity contribution in [2.45, 2.75) is 38.6 Å². The van der Waals surface area contributed by atoms with Crippen molar-refractivity contribution >= 4 is 22.2 Å². The topological polar surface area (TPSA) is 70.4 Å². The van der Waals surface area contributed by atoms with Gasteiger partial charge in [-0.25, -0.2) is 15.0 Å². The van der Waals surface area contributed by atoms with Gasteiger partial charge in [-0.3, -0.25) is 9.30 Å². The van der Waals surface area contributed by atoms with E-state index >= 15 is 0 Å². The van der Waals surface area contributed by atoms with Crippen LogP contribution in [0.3, 0.4) is 0 Å². The quantitative estimate of drug-likeness (QED) is 0.226. The van der Waals surface area contributed by atoms with Crippen molar-refractivity contribution in [1.29, 1.82) is 0 Å². The van der Waals surface area contributed by atoms with Gasteiger partial charge in [-0.15, -0.1) is 0 Å². The van der Waals surface area contributed by atoms with Crippen LogP contribution in [-0.4, -0.2) is 63.5 Å². The summed E-state index contributed by atoms with van der Waals surface area (Å²) >= 11 is 0. The predicted molar refractivity (Wildman–Crippen MR) is 160 cm³/mol. The lowest BCUT2D eigenvalue weighted by molar-refractivity contribution is 0.112. The number of aromatic nitrogens is 4. The van der Waals surface area contributed by atoms with E-state index in [-0.39, 0.29) is 0 Å². The van der Waals surface area contributed by atoms with Gasteiger partial charge < -0.3 is 10.6 Å². The molecule has 0 aliphatic heterocycles. The Morgan fingerprint density at radius 2 is 1.79 bits per heavy atom. The number of imidazole rings is 1. The van der Waals surface area contributed by atoms with Crippen molar-refractivity contribution in [1.82, 2.24) is 29.6 Å². The summed E-state index contributed by atoms with van der Waals surface area (Å²) < 4.78 is 2.25. The average Bonchev–Trinajstić information content (AvgIpc) is 3.35. The van der Waals surface area contributed by atoms with E-state index in [1.165, 1.54) is 0 Å². The first-order chi connectivity index (χ1) is 19.2. The first kappa shape index (κ1) is 25.5. The van der Waals surface area contributed by atoms with Gasteiger partial charge >= 0.3 is 0 Å². The lowest BCUT2D eigenvalue weighted by atomic mass is 9.78. The molecule has 6 rings (SSSR count). The van der Waals surface area contributed by atoms with Crippen LogP contribution < -0.4 is 10.6 Å². The maximum absolute atomic E-state index is 5.30. The third-order valence-corrected chi connectivity index (χ3v) is 8.08. The molecule has 7 heteroatoms. The van der Waals surface area contributed by atoms with E-state index in [4.69, 9.17) is 9.97 Å². The number of hydrogen-bond donors (Lipinski definition) is 2. The SMILES string of the molecule is CCNCCN(CC)C1CC(c2nc(-c3ccc4ccc(-c5ccccc5)nc4c3)c3c(NC)nccn23)C1. The highest BCUT2D eigenvalue weighted by atomic mass is 15.2. The van der Waals surface area contributed by atoms with Crippen molar-refractivity contribution in [3.63, 3.8) is 0 Å². The van der Waals surface area contributed by atoms with E-state index in [0.29, 0.717) is 12.0 Å². The summed E-state index contributed by atoms with van der Waals surface area (Å²) in [5.74, 6) is 2.40. The predicted octanol–water partition coefficient (Wildman–Crippen LogP) is 5.83. The summed E-state index contributed by atoms with van der Waals surface area (Å²) in [6, 6.07) is 21.7. The number of likely N-dealkylation sites (N-methyl/N-ethyl adjacent to an activating group) is 2. The zero-order valence-electron chi connectivity index (χ0n) is 23.1. The fraction of sp³-hybridized carbons (Fsp3) is 0.344. The summed E-state index contributed by atoms with van der Waals surface area (Å²) in [7, 11) is 1.93. The van der Waals surface area contributed by atoms with Gasteiger partial charge in [-0.1, -0.05) is 62.4 Å². The van der Waals surface area contributed by atoms with Crippen LogP contribution in [0.5, 0.6) is 0 Å². The second kappa shape index (κ2) is 11.1. The van der Waals surface area contributed by atoms with Crippen LogP contribution in [0.15, 0.2) is 73.1 Å². The van der Waals surface area contributed by atoms with E-state index in [9.17, 15) is 0 Å². The standard InChI is InChI=1S/C32H37N7/c1-4-34-15-17-38(5-2)26-19-25(20-26)32-37-29(30-31(33-3)35-16-18-39(30)32)24-12-11-23-13-14-27(36-28(23)21-24)22-9-7-6-8-10-22/h6-14,16,18,21,25-26,34H,4-5,15,17,19-20H2,1-3H3,(H,33,35). The van der Waals surface area contributed by atoms with Gasteiger partial charge in [0.15, 0.2) is 5.82 Å². The molecular weight excluding hydrogens is 482 g/mol. The van der Waals surface area contributed by atoms with Gasteiger partial charge in [0, 0.05) is 61.0 Å². The molecule has 0 bridgehead atoms. The van der Waals surface area contributed by atoms with Crippen LogP contribution in [0.1, 0.15) is 38.4 Å². The van der Waals surface area contributed by atoms with Crippen LogP contribution in [0.25, 0.3) is 38.9 Å². The largest absolute Gasteiger partial charge is 0.371 e. The molecule has 200 valence electrons. The van der Waals surface area contributed by atoms with Gasteiger partial charge in [0.25, 0.3) is 0 Å². The Morgan fingerprint density at radius 3 is 2.56 bits per heavy atom. The maximum atomic E-state index is 5.30. The Bertz CT molecular complexity index is 1570. The third kappa shape index (κ3) is 4.88. The summed E-state index contributed by atoms with van der Waals surface area (Å²) in [6.07, 6.45) is 6.20. The number of pyridine rings is 1. The molecule has 0 unspecified atom stereocenters. The molecule has 0 radical (unpaired) electrons. The average molecular weight is 520 g/mol. The van der Waals surface area contributed by atoms with Crippen molar-refractivity contribution in [3.05, 3.63) is 78.9 Å². The molecule has 0 atom stereocenters. The second-order valence-electron chi connectivity index (χ2n) is 10.3. The van der Waals surface area contributed by atoms with Crippen LogP contribution in [0, 0.1) is 0 Å². The first-order valence-corrected chi connectivity index (χ1v) is 14.2. The van der Waals surface area contributed by atoms with Gasteiger partial charge in [0.1, 0.15) is 17.0 Å². The van der Waals surface area contributed by atoms with Crippen LogP contribution in [-0.2, 0) is 0 Å². The van der Waals surface area contributed by atoms with Crippen molar-refractivity contribution in [2.24, 2.45) is 0 Å².